The van der Waals surface area contributed by atoms with Crippen molar-refractivity contribution < 1.29 is 8.78 Å². The van der Waals surface area contributed by atoms with E-state index in [1.165, 1.54) is 18.5 Å². The normalized spacial score (nSPS) is 12.6. The van der Waals surface area contributed by atoms with Gasteiger partial charge in [0.05, 0.1) is 6.04 Å². The second kappa shape index (κ2) is 5.01. The van der Waals surface area contributed by atoms with E-state index in [9.17, 15) is 8.78 Å². The van der Waals surface area contributed by atoms with E-state index < -0.39 is 11.6 Å². The Morgan fingerprint density at radius 2 is 2.24 bits per heavy atom. The molecule has 0 radical (unpaired) electrons. The largest absolute Gasteiger partial charge is 0.303 e. The fraction of sp³-hybridized carbons (Fsp3) is 0.273. The van der Waals surface area contributed by atoms with Crippen LogP contribution in [0.5, 0.6) is 0 Å². The third kappa shape index (κ3) is 2.85. The van der Waals surface area contributed by atoms with Crippen LogP contribution in [-0.2, 0) is 6.54 Å². The zero-order valence-electron chi connectivity index (χ0n) is 9.24. The molecule has 1 aromatic heterocycles. The molecule has 0 saturated carbocycles. The summed E-state index contributed by atoms with van der Waals surface area (Å²) in [6, 6.07) is 3.45. The fourth-order valence-corrected chi connectivity index (χ4v) is 1.45. The van der Waals surface area contributed by atoms with E-state index in [-0.39, 0.29) is 6.04 Å². The summed E-state index contributed by atoms with van der Waals surface area (Å²) in [6.45, 7) is 2.18. The molecular weight excluding hydrogens is 226 g/mol. The summed E-state index contributed by atoms with van der Waals surface area (Å²) in [5.74, 6) is -0.454. The van der Waals surface area contributed by atoms with Crippen LogP contribution in [0.3, 0.4) is 0 Å². The molecule has 0 aliphatic heterocycles. The maximum absolute atomic E-state index is 13.3. The second-order valence-electron chi connectivity index (χ2n) is 3.71. The van der Waals surface area contributed by atoms with Crippen LogP contribution in [0.15, 0.2) is 24.5 Å². The molecule has 4 nitrogen and oxygen atoms in total. The van der Waals surface area contributed by atoms with Gasteiger partial charge in [-0.3, -0.25) is 5.10 Å². The van der Waals surface area contributed by atoms with E-state index in [2.05, 4.69) is 20.5 Å². The zero-order valence-corrected chi connectivity index (χ0v) is 9.24. The van der Waals surface area contributed by atoms with Crippen LogP contribution in [0.4, 0.5) is 8.78 Å². The summed E-state index contributed by atoms with van der Waals surface area (Å²) in [5, 5.41) is 9.51. The van der Waals surface area contributed by atoms with Gasteiger partial charge < -0.3 is 5.32 Å². The Hall–Kier alpha value is -1.82. The minimum absolute atomic E-state index is 0.0815. The van der Waals surface area contributed by atoms with Crippen LogP contribution in [-0.4, -0.2) is 15.2 Å². The van der Waals surface area contributed by atoms with Crippen LogP contribution in [0.1, 0.15) is 24.4 Å². The minimum Gasteiger partial charge on any atom is -0.303 e. The first-order valence-corrected chi connectivity index (χ1v) is 5.19. The SMILES string of the molecule is CC(NCc1ccc(F)cc1F)c1ncn[nH]1. The molecule has 0 amide bonds. The molecule has 1 atom stereocenters. The summed E-state index contributed by atoms with van der Waals surface area (Å²) in [6.07, 6.45) is 1.41. The summed E-state index contributed by atoms with van der Waals surface area (Å²) in [4.78, 5) is 3.98. The number of hydrogen-bond donors (Lipinski definition) is 2. The monoisotopic (exact) mass is 238 g/mol. The lowest BCUT2D eigenvalue weighted by Gasteiger charge is -2.11. The summed E-state index contributed by atoms with van der Waals surface area (Å²) in [7, 11) is 0. The Morgan fingerprint density at radius 3 is 2.88 bits per heavy atom. The van der Waals surface area contributed by atoms with Gasteiger partial charge in [0.15, 0.2) is 0 Å². The molecule has 17 heavy (non-hydrogen) atoms. The number of nitrogens with zero attached hydrogens (tertiary/aromatic N) is 2. The summed E-state index contributed by atoms with van der Waals surface area (Å²) in [5.41, 5.74) is 0.415. The number of rotatable bonds is 4. The molecule has 2 N–H and O–H groups in total. The van der Waals surface area contributed by atoms with Crippen LogP contribution in [0.25, 0.3) is 0 Å². The maximum atomic E-state index is 13.3. The number of H-pyrrole nitrogens is 1. The van der Waals surface area contributed by atoms with Gasteiger partial charge in [0, 0.05) is 18.2 Å². The van der Waals surface area contributed by atoms with Gasteiger partial charge >= 0.3 is 0 Å². The molecule has 0 aliphatic carbocycles. The molecule has 2 rings (SSSR count). The van der Waals surface area contributed by atoms with Gasteiger partial charge in [-0.15, -0.1) is 0 Å². The van der Waals surface area contributed by atoms with E-state index in [4.69, 9.17) is 0 Å². The van der Waals surface area contributed by atoms with Gasteiger partial charge in [-0.25, -0.2) is 13.8 Å². The Labute approximate surface area is 97.1 Å². The number of hydrogen-bond acceptors (Lipinski definition) is 3. The second-order valence-corrected chi connectivity index (χ2v) is 3.71. The van der Waals surface area contributed by atoms with Gasteiger partial charge in [-0.1, -0.05) is 6.07 Å². The molecule has 1 aromatic carbocycles. The molecule has 6 heteroatoms. The lowest BCUT2D eigenvalue weighted by Crippen LogP contribution is -2.20. The Morgan fingerprint density at radius 1 is 1.41 bits per heavy atom. The molecule has 90 valence electrons. The average molecular weight is 238 g/mol. The van der Waals surface area contributed by atoms with Gasteiger partial charge in [0.1, 0.15) is 23.8 Å². The quantitative estimate of drug-likeness (QED) is 0.855. The van der Waals surface area contributed by atoms with Crippen molar-refractivity contribution in [2.75, 3.05) is 0 Å². The highest BCUT2D eigenvalue weighted by atomic mass is 19.1. The molecule has 0 aliphatic rings. The van der Waals surface area contributed by atoms with Crippen molar-refractivity contribution in [2.45, 2.75) is 19.5 Å². The molecule has 1 unspecified atom stereocenters. The van der Waals surface area contributed by atoms with Gasteiger partial charge in [0.25, 0.3) is 0 Å². The van der Waals surface area contributed by atoms with Gasteiger partial charge in [-0.2, -0.15) is 5.10 Å². The maximum Gasteiger partial charge on any atom is 0.141 e. The van der Waals surface area contributed by atoms with Crippen molar-refractivity contribution >= 4 is 0 Å². The van der Waals surface area contributed by atoms with Crippen molar-refractivity contribution in [3.05, 3.63) is 47.5 Å². The zero-order chi connectivity index (χ0) is 12.3. The van der Waals surface area contributed by atoms with Crippen molar-refractivity contribution in [1.29, 1.82) is 0 Å². The molecule has 0 saturated heterocycles. The van der Waals surface area contributed by atoms with Crippen LogP contribution in [0, 0.1) is 11.6 Å². The lowest BCUT2D eigenvalue weighted by molar-refractivity contribution is 0.520. The van der Waals surface area contributed by atoms with E-state index in [1.54, 1.807) is 0 Å². The molecule has 1 heterocycles. The van der Waals surface area contributed by atoms with Crippen molar-refractivity contribution in [1.82, 2.24) is 20.5 Å². The Balaban J connectivity index is 1.98. The van der Waals surface area contributed by atoms with Crippen molar-refractivity contribution in [3.63, 3.8) is 0 Å². The lowest BCUT2D eigenvalue weighted by atomic mass is 10.2. The first-order valence-electron chi connectivity index (χ1n) is 5.19. The predicted molar refractivity (Wildman–Crippen MR) is 58.0 cm³/mol. The number of aromatic amines is 1. The van der Waals surface area contributed by atoms with E-state index in [1.807, 2.05) is 6.92 Å². The molecule has 0 spiro atoms. The van der Waals surface area contributed by atoms with E-state index >= 15 is 0 Å². The summed E-state index contributed by atoms with van der Waals surface area (Å²) >= 11 is 0. The first kappa shape index (κ1) is 11.7. The molecule has 2 aromatic rings. The highest BCUT2D eigenvalue weighted by Crippen LogP contribution is 2.11. The minimum atomic E-state index is -0.575. The van der Waals surface area contributed by atoms with Crippen LogP contribution in [0.2, 0.25) is 0 Å². The summed E-state index contributed by atoms with van der Waals surface area (Å²) < 4.78 is 26.0. The number of halogens is 2. The van der Waals surface area contributed by atoms with Crippen molar-refractivity contribution in [2.24, 2.45) is 0 Å². The average Bonchev–Trinajstić information content (AvgIpc) is 2.81. The third-order valence-corrected chi connectivity index (χ3v) is 2.46. The smallest absolute Gasteiger partial charge is 0.141 e. The van der Waals surface area contributed by atoms with Crippen LogP contribution >= 0.6 is 0 Å². The number of benzene rings is 1. The predicted octanol–water partition coefficient (Wildman–Crippen LogP) is 1.93. The standard InChI is InChI=1S/C11H12F2N4/c1-7(11-15-6-16-17-11)14-5-8-2-3-9(12)4-10(8)13/h2-4,6-7,14H,5H2,1H3,(H,15,16,17). The Bertz CT molecular complexity index is 484. The first-order chi connectivity index (χ1) is 8.16. The van der Waals surface area contributed by atoms with Crippen LogP contribution < -0.4 is 5.32 Å². The molecule has 0 fully saturated rings. The molecular formula is C11H12F2N4. The number of nitrogens with one attached hydrogen (secondary N) is 2. The molecule has 0 bridgehead atoms. The third-order valence-electron chi connectivity index (χ3n) is 2.46. The Kier molecular flexibility index (Phi) is 3.43. The number of aromatic nitrogens is 3. The van der Waals surface area contributed by atoms with Gasteiger partial charge in [-0.05, 0) is 13.0 Å². The highest BCUT2D eigenvalue weighted by molar-refractivity contribution is 5.18. The van der Waals surface area contributed by atoms with Crippen molar-refractivity contribution in [3.8, 4) is 0 Å². The van der Waals surface area contributed by atoms with Gasteiger partial charge in [0.2, 0.25) is 0 Å². The van der Waals surface area contributed by atoms with E-state index in [0.29, 0.717) is 17.9 Å². The fourth-order valence-electron chi connectivity index (χ4n) is 1.45. The van der Waals surface area contributed by atoms with E-state index in [0.717, 1.165) is 6.07 Å². The topological polar surface area (TPSA) is 53.6 Å². The highest BCUT2D eigenvalue weighted by Gasteiger charge is 2.09.